The minimum atomic E-state index is 0.766. The molecule has 0 amide bonds. The van der Waals surface area contributed by atoms with E-state index in [1.165, 1.54) is 64.7 Å². The number of rotatable bonds is 8. The van der Waals surface area contributed by atoms with Crippen LogP contribution in [-0.2, 0) is 0 Å². The standard InChI is InChI=1S/C17H36N2/c1-5-8-17(14-18-11-6-2)19-12-7-9-16(10-13-19)15(3)4/h15-18H,5-14H2,1-4H3. The van der Waals surface area contributed by atoms with Gasteiger partial charge in [-0.2, -0.15) is 0 Å². The molecule has 2 unspecified atom stereocenters. The topological polar surface area (TPSA) is 15.3 Å². The molecule has 1 heterocycles. The third-order valence-corrected chi connectivity index (χ3v) is 4.70. The highest BCUT2D eigenvalue weighted by molar-refractivity contribution is 4.79. The summed E-state index contributed by atoms with van der Waals surface area (Å²) in [7, 11) is 0. The molecule has 0 saturated carbocycles. The Kier molecular flexibility index (Phi) is 8.72. The van der Waals surface area contributed by atoms with Gasteiger partial charge in [0.05, 0.1) is 0 Å². The van der Waals surface area contributed by atoms with Gasteiger partial charge in [0.2, 0.25) is 0 Å². The van der Waals surface area contributed by atoms with Gasteiger partial charge in [-0.3, -0.25) is 4.90 Å². The minimum absolute atomic E-state index is 0.766. The van der Waals surface area contributed by atoms with Gasteiger partial charge >= 0.3 is 0 Å². The van der Waals surface area contributed by atoms with Crippen molar-refractivity contribution in [1.29, 1.82) is 0 Å². The zero-order valence-corrected chi connectivity index (χ0v) is 13.8. The van der Waals surface area contributed by atoms with E-state index in [0.717, 1.165) is 17.9 Å². The third kappa shape index (κ3) is 6.27. The van der Waals surface area contributed by atoms with Gasteiger partial charge in [-0.05, 0) is 63.6 Å². The molecular weight excluding hydrogens is 232 g/mol. The summed E-state index contributed by atoms with van der Waals surface area (Å²) in [5, 5.41) is 3.63. The third-order valence-electron chi connectivity index (χ3n) is 4.70. The van der Waals surface area contributed by atoms with Crippen molar-refractivity contribution in [2.75, 3.05) is 26.2 Å². The van der Waals surface area contributed by atoms with Crippen LogP contribution in [0.1, 0.15) is 66.2 Å². The van der Waals surface area contributed by atoms with E-state index in [1.807, 2.05) is 0 Å². The van der Waals surface area contributed by atoms with E-state index in [4.69, 9.17) is 0 Å². The summed E-state index contributed by atoms with van der Waals surface area (Å²) >= 11 is 0. The fourth-order valence-electron chi connectivity index (χ4n) is 3.37. The maximum atomic E-state index is 3.63. The highest BCUT2D eigenvalue weighted by Gasteiger charge is 2.23. The Morgan fingerprint density at radius 3 is 2.53 bits per heavy atom. The maximum Gasteiger partial charge on any atom is 0.0220 e. The van der Waals surface area contributed by atoms with Crippen LogP contribution < -0.4 is 5.32 Å². The summed E-state index contributed by atoms with van der Waals surface area (Å²) in [5.41, 5.74) is 0. The summed E-state index contributed by atoms with van der Waals surface area (Å²) in [6.07, 6.45) is 8.15. The van der Waals surface area contributed by atoms with Crippen molar-refractivity contribution in [1.82, 2.24) is 10.2 Å². The molecule has 1 saturated heterocycles. The van der Waals surface area contributed by atoms with Gasteiger partial charge < -0.3 is 5.32 Å². The highest BCUT2D eigenvalue weighted by atomic mass is 15.2. The van der Waals surface area contributed by atoms with E-state index < -0.39 is 0 Å². The molecule has 0 aromatic heterocycles. The number of nitrogens with zero attached hydrogens (tertiary/aromatic N) is 1. The van der Waals surface area contributed by atoms with Crippen LogP contribution in [0.4, 0.5) is 0 Å². The smallest absolute Gasteiger partial charge is 0.0220 e. The van der Waals surface area contributed by atoms with Crippen molar-refractivity contribution in [3.05, 3.63) is 0 Å². The molecule has 2 atom stereocenters. The van der Waals surface area contributed by atoms with Gasteiger partial charge in [0.25, 0.3) is 0 Å². The molecule has 1 rings (SSSR count). The van der Waals surface area contributed by atoms with E-state index in [-0.39, 0.29) is 0 Å². The van der Waals surface area contributed by atoms with E-state index in [1.54, 1.807) is 0 Å². The Bertz CT molecular complexity index is 215. The first-order chi connectivity index (χ1) is 9.19. The van der Waals surface area contributed by atoms with Crippen LogP contribution in [0.2, 0.25) is 0 Å². The Balaban J connectivity index is 2.44. The normalized spacial score (nSPS) is 23.5. The van der Waals surface area contributed by atoms with Crippen LogP contribution in [0.15, 0.2) is 0 Å². The van der Waals surface area contributed by atoms with E-state index in [2.05, 4.69) is 37.9 Å². The first-order valence-electron chi connectivity index (χ1n) is 8.63. The molecule has 1 N–H and O–H groups in total. The first-order valence-corrected chi connectivity index (χ1v) is 8.63. The molecule has 0 aromatic carbocycles. The van der Waals surface area contributed by atoms with E-state index in [9.17, 15) is 0 Å². The van der Waals surface area contributed by atoms with Crippen LogP contribution in [0.5, 0.6) is 0 Å². The second kappa shape index (κ2) is 9.77. The molecular formula is C17H36N2. The fourth-order valence-corrected chi connectivity index (χ4v) is 3.37. The quantitative estimate of drug-likeness (QED) is 0.671. The van der Waals surface area contributed by atoms with Crippen molar-refractivity contribution in [3.8, 4) is 0 Å². The fraction of sp³-hybridized carbons (Fsp3) is 1.00. The molecule has 0 bridgehead atoms. The second-order valence-electron chi connectivity index (χ2n) is 6.62. The van der Waals surface area contributed by atoms with Crippen LogP contribution in [0, 0.1) is 11.8 Å². The van der Waals surface area contributed by atoms with Gasteiger partial charge in [-0.15, -0.1) is 0 Å². The highest BCUT2D eigenvalue weighted by Crippen LogP contribution is 2.25. The molecule has 1 aliphatic heterocycles. The van der Waals surface area contributed by atoms with Crippen LogP contribution in [0.3, 0.4) is 0 Å². The molecule has 1 fully saturated rings. The summed E-state index contributed by atoms with van der Waals surface area (Å²) in [4.78, 5) is 2.77. The zero-order chi connectivity index (χ0) is 14.1. The number of likely N-dealkylation sites (tertiary alicyclic amines) is 1. The predicted octanol–water partition coefficient (Wildman–Crippen LogP) is 3.91. The summed E-state index contributed by atoms with van der Waals surface area (Å²) in [6.45, 7) is 14.4. The largest absolute Gasteiger partial charge is 0.315 e. The lowest BCUT2D eigenvalue weighted by atomic mass is 9.89. The lowest BCUT2D eigenvalue weighted by molar-refractivity contribution is 0.183. The Morgan fingerprint density at radius 2 is 1.89 bits per heavy atom. The minimum Gasteiger partial charge on any atom is -0.315 e. The van der Waals surface area contributed by atoms with Crippen molar-refractivity contribution >= 4 is 0 Å². The second-order valence-corrected chi connectivity index (χ2v) is 6.62. The van der Waals surface area contributed by atoms with Crippen LogP contribution >= 0.6 is 0 Å². The lowest BCUT2D eigenvalue weighted by Gasteiger charge is -2.31. The summed E-state index contributed by atoms with van der Waals surface area (Å²) in [6, 6.07) is 0.766. The van der Waals surface area contributed by atoms with Crippen molar-refractivity contribution in [3.63, 3.8) is 0 Å². The monoisotopic (exact) mass is 268 g/mol. The molecule has 114 valence electrons. The zero-order valence-electron chi connectivity index (χ0n) is 13.8. The SMILES string of the molecule is CCCNCC(CCC)N1CCCC(C(C)C)CC1. The summed E-state index contributed by atoms with van der Waals surface area (Å²) < 4.78 is 0. The van der Waals surface area contributed by atoms with Gasteiger partial charge in [0, 0.05) is 12.6 Å². The lowest BCUT2D eigenvalue weighted by Crippen LogP contribution is -2.43. The van der Waals surface area contributed by atoms with Gasteiger partial charge in [-0.1, -0.05) is 34.1 Å². The molecule has 2 nitrogen and oxygen atoms in total. The molecule has 1 aliphatic rings. The number of nitrogens with one attached hydrogen (secondary N) is 1. The van der Waals surface area contributed by atoms with E-state index in [0.29, 0.717) is 0 Å². The van der Waals surface area contributed by atoms with Gasteiger partial charge in [-0.25, -0.2) is 0 Å². The molecule has 0 radical (unpaired) electrons. The van der Waals surface area contributed by atoms with E-state index >= 15 is 0 Å². The van der Waals surface area contributed by atoms with Crippen molar-refractivity contribution < 1.29 is 0 Å². The Morgan fingerprint density at radius 1 is 1.11 bits per heavy atom. The Hall–Kier alpha value is -0.0800. The first kappa shape index (κ1) is 17.0. The average molecular weight is 268 g/mol. The van der Waals surface area contributed by atoms with Crippen molar-refractivity contribution in [2.45, 2.75) is 72.3 Å². The molecule has 0 aliphatic carbocycles. The molecule has 0 aromatic rings. The molecule has 0 spiro atoms. The Labute approximate surface area is 121 Å². The predicted molar refractivity (Wildman–Crippen MR) is 85.6 cm³/mol. The number of hydrogen-bond donors (Lipinski definition) is 1. The van der Waals surface area contributed by atoms with Gasteiger partial charge in [0.1, 0.15) is 0 Å². The maximum absolute atomic E-state index is 3.63. The average Bonchev–Trinajstić information content (AvgIpc) is 2.63. The van der Waals surface area contributed by atoms with Crippen LogP contribution in [-0.4, -0.2) is 37.1 Å². The molecule has 19 heavy (non-hydrogen) atoms. The van der Waals surface area contributed by atoms with Gasteiger partial charge in [0.15, 0.2) is 0 Å². The van der Waals surface area contributed by atoms with Crippen molar-refractivity contribution in [2.24, 2.45) is 11.8 Å². The summed E-state index contributed by atoms with van der Waals surface area (Å²) in [5.74, 6) is 1.82. The van der Waals surface area contributed by atoms with Crippen LogP contribution in [0.25, 0.3) is 0 Å². The number of hydrogen-bond acceptors (Lipinski definition) is 2. The molecule has 2 heteroatoms.